The number of hydrogen-bond donors (Lipinski definition) is 1. The summed E-state index contributed by atoms with van der Waals surface area (Å²) in [6.45, 7) is 2.51. The van der Waals surface area contributed by atoms with E-state index in [0.29, 0.717) is 37.7 Å². The van der Waals surface area contributed by atoms with Crippen LogP contribution in [0.1, 0.15) is 10.4 Å². The molecule has 0 aromatic carbocycles. The van der Waals surface area contributed by atoms with Crippen LogP contribution in [0.4, 0.5) is 5.95 Å². The Kier molecular flexibility index (Phi) is 4.95. The largest absolute Gasteiger partial charge is 0.343 e. The third-order valence-corrected chi connectivity index (χ3v) is 3.81. The molecule has 2 amide bonds. The average molecular weight is 326 g/mol. The van der Waals surface area contributed by atoms with Gasteiger partial charge in [0, 0.05) is 56.5 Å². The van der Waals surface area contributed by atoms with Gasteiger partial charge in [-0.15, -0.1) is 0 Å². The number of amides is 2. The molecule has 0 bridgehead atoms. The van der Waals surface area contributed by atoms with Crippen molar-refractivity contribution in [3.05, 3.63) is 48.5 Å². The first-order valence-electron chi connectivity index (χ1n) is 7.72. The molecular formula is C16H18N6O2. The van der Waals surface area contributed by atoms with Crippen molar-refractivity contribution in [3.63, 3.8) is 0 Å². The molecule has 3 rings (SSSR count). The van der Waals surface area contributed by atoms with Gasteiger partial charge in [-0.1, -0.05) is 0 Å². The summed E-state index contributed by atoms with van der Waals surface area (Å²) in [5.74, 6) is 0.309. The van der Waals surface area contributed by atoms with Gasteiger partial charge >= 0.3 is 0 Å². The van der Waals surface area contributed by atoms with E-state index in [1.54, 1.807) is 47.9 Å². The second-order valence-electron chi connectivity index (χ2n) is 5.34. The second-order valence-corrected chi connectivity index (χ2v) is 5.34. The van der Waals surface area contributed by atoms with Crippen LogP contribution in [0.3, 0.4) is 0 Å². The fourth-order valence-electron chi connectivity index (χ4n) is 2.48. The Bertz CT molecular complexity index is 686. The van der Waals surface area contributed by atoms with Crippen molar-refractivity contribution in [2.75, 3.05) is 37.6 Å². The monoisotopic (exact) mass is 326 g/mol. The van der Waals surface area contributed by atoms with Gasteiger partial charge in [-0.25, -0.2) is 9.97 Å². The van der Waals surface area contributed by atoms with Gasteiger partial charge in [-0.2, -0.15) is 0 Å². The number of nitrogens with zero attached hydrogens (tertiary/aromatic N) is 5. The summed E-state index contributed by atoms with van der Waals surface area (Å²) in [4.78, 5) is 40.2. The Hall–Kier alpha value is -3.03. The van der Waals surface area contributed by atoms with Gasteiger partial charge in [0.2, 0.25) is 11.9 Å². The van der Waals surface area contributed by atoms with Crippen molar-refractivity contribution in [2.24, 2.45) is 0 Å². The fourth-order valence-corrected chi connectivity index (χ4v) is 2.48. The van der Waals surface area contributed by atoms with Gasteiger partial charge in [0.15, 0.2) is 0 Å². The number of aromatic nitrogens is 3. The molecular weight excluding hydrogens is 308 g/mol. The SMILES string of the molecule is O=C(NCC(=O)N1CCN(c2ncccn2)CC1)c1ccncc1. The van der Waals surface area contributed by atoms with Crippen LogP contribution in [0, 0.1) is 0 Å². The Morgan fingerprint density at radius 2 is 1.67 bits per heavy atom. The highest BCUT2D eigenvalue weighted by Gasteiger charge is 2.22. The molecule has 0 saturated carbocycles. The summed E-state index contributed by atoms with van der Waals surface area (Å²) in [5, 5.41) is 2.64. The third kappa shape index (κ3) is 3.83. The van der Waals surface area contributed by atoms with Gasteiger partial charge in [0.1, 0.15) is 0 Å². The van der Waals surface area contributed by atoms with Crippen LogP contribution in [0.5, 0.6) is 0 Å². The van der Waals surface area contributed by atoms with E-state index in [4.69, 9.17) is 0 Å². The summed E-state index contributed by atoms with van der Waals surface area (Å²) >= 11 is 0. The highest BCUT2D eigenvalue weighted by Crippen LogP contribution is 2.09. The molecule has 1 saturated heterocycles. The van der Waals surface area contributed by atoms with E-state index in [9.17, 15) is 9.59 Å². The molecule has 8 nitrogen and oxygen atoms in total. The average Bonchev–Trinajstić information content (AvgIpc) is 2.67. The van der Waals surface area contributed by atoms with Gasteiger partial charge in [0.25, 0.3) is 5.91 Å². The number of carbonyl (C=O) groups excluding carboxylic acids is 2. The topological polar surface area (TPSA) is 91.3 Å². The Balaban J connectivity index is 1.46. The first-order chi connectivity index (χ1) is 11.7. The van der Waals surface area contributed by atoms with Crippen LogP contribution in [-0.4, -0.2) is 64.4 Å². The van der Waals surface area contributed by atoms with Crippen LogP contribution < -0.4 is 10.2 Å². The van der Waals surface area contributed by atoms with E-state index in [-0.39, 0.29) is 18.4 Å². The predicted molar refractivity (Wildman–Crippen MR) is 87.4 cm³/mol. The molecule has 1 aliphatic heterocycles. The number of pyridine rings is 1. The maximum absolute atomic E-state index is 12.2. The van der Waals surface area contributed by atoms with Crippen molar-refractivity contribution in [1.82, 2.24) is 25.2 Å². The van der Waals surface area contributed by atoms with Crippen molar-refractivity contribution in [1.29, 1.82) is 0 Å². The number of rotatable bonds is 4. The molecule has 24 heavy (non-hydrogen) atoms. The lowest BCUT2D eigenvalue weighted by Crippen LogP contribution is -2.51. The van der Waals surface area contributed by atoms with Crippen LogP contribution in [-0.2, 0) is 4.79 Å². The van der Waals surface area contributed by atoms with Crippen LogP contribution in [0.25, 0.3) is 0 Å². The molecule has 0 spiro atoms. The Morgan fingerprint density at radius 1 is 1.00 bits per heavy atom. The zero-order valence-corrected chi connectivity index (χ0v) is 13.1. The molecule has 8 heteroatoms. The quantitative estimate of drug-likeness (QED) is 0.847. The van der Waals surface area contributed by atoms with Crippen LogP contribution >= 0.6 is 0 Å². The lowest BCUT2D eigenvalue weighted by Gasteiger charge is -2.34. The number of anilines is 1. The summed E-state index contributed by atoms with van der Waals surface area (Å²) in [5.41, 5.74) is 0.490. The molecule has 0 aliphatic carbocycles. The van der Waals surface area contributed by atoms with Gasteiger partial charge < -0.3 is 15.1 Å². The number of carbonyl (C=O) groups is 2. The highest BCUT2D eigenvalue weighted by atomic mass is 16.2. The normalized spacial score (nSPS) is 14.3. The van der Waals surface area contributed by atoms with Crippen molar-refractivity contribution in [2.45, 2.75) is 0 Å². The van der Waals surface area contributed by atoms with Crippen molar-refractivity contribution >= 4 is 17.8 Å². The maximum Gasteiger partial charge on any atom is 0.251 e. The maximum atomic E-state index is 12.2. The van der Waals surface area contributed by atoms with Crippen LogP contribution in [0.2, 0.25) is 0 Å². The molecule has 124 valence electrons. The molecule has 2 aromatic rings. The van der Waals surface area contributed by atoms with Crippen molar-refractivity contribution in [3.8, 4) is 0 Å². The minimum atomic E-state index is -0.276. The molecule has 1 fully saturated rings. The van der Waals surface area contributed by atoms with Gasteiger partial charge in [-0.05, 0) is 18.2 Å². The minimum absolute atomic E-state index is 0.0109. The molecule has 0 unspecified atom stereocenters. The first-order valence-corrected chi connectivity index (χ1v) is 7.72. The van der Waals surface area contributed by atoms with Crippen LogP contribution in [0.15, 0.2) is 43.0 Å². The van der Waals surface area contributed by atoms with Gasteiger partial charge in [0.05, 0.1) is 6.54 Å². The predicted octanol–water partition coefficient (Wildman–Crippen LogP) is -0.0498. The minimum Gasteiger partial charge on any atom is -0.343 e. The summed E-state index contributed by atoms with van der Waals surface area (Å²) in [6, 6.07) is 4.99. The summed E-state index contributed by atoms with van der Waals surface area (Å²) in [7, 11) is 0. The zero-order chi connectivity index (χ0) is 16.8. The number of nitrogens with one attached hydrogen (secondary N) is 1. The molecule has 0 atom stereocenters. The number of piperazine rings is 1. The first kappa shape index (κ1) is 15.9. The smallest absolute Gasteiger partial charge is 0.251 e. The fraction of sp³-hybridized carbons (Fsp3) is 0.312. The summed E-state index contributed by atoms with van der Waals surface area (Å²) in [6.07, 6.45) is 6.49. The molecule has 1 aliphatic rings. The van der Waals surface area contributed by atoms with E-state index in [0.717, 1.165) is 0 Å². The van der Waals surface area contributed by atoms with Gasteiger partial charge in [-0.3, -0.25) is 14.6 Å². The van der Waals surface area contributed by atoms with E-state index in [2.05, 4.69) is 20.3 Å². The second kappa shape index (κ2) is 7.49. The third-order valence-electron chi connectivity index (χ3n) is 3.81. The molecule has 1 N–H and O–H groups in total. The Labute approximate surface area is 139 Å². The lowest BCUT2D eigenvalue weighted by atomic mass is 10.2. The highest BCUT2D eigenvalue weighted by molar-refractivity contribution is 5.96. The van der Waals surface area contributed by atoms with Crippen molar-refractivity contribution < 1.29 is 9.59 Å². The standard InChI is InChI=1S/C16H18N6O2/c23-14(12-20-15(24)13-2-6-17-7-3-13)21-8-10-22(11-9-21)16-18-4-1-5-19-16/h1-7H,8-12H2,(H,20,24). The zero-order valence-electron chi connectivity index (χ0n) is 13.1. The Morgan fingerprint density at radius 3 is 2.33 bits per heavy atom. The molecule has 3 heterocycles. The molecule has 2 aromatic heterocycles. The summed E-state index contributed by atoms with van der Waals surface area (Å²) < 4.78 is 0. The van der Waals surface area contributed by atoms with E-state index < -0.39 is 0 Å². The van der Waals surface area contributed by atoms with E-state index >= 15 is 0 Å². The number of hydrogen-bond acceptors (Lipinski definition) is 6. The molecule has 0 radical (unpaired) electrons. The lowest BCUT2D eigenvalue weighted by molar-refractivity contribution is -0.130. The van der Waals surface area contributed by atoms with E-state index in [1.807, 2.05) is 4.90 Å². The van der Waals surface area contributed by atoms with E-state index in [1.165, 1.54) is 0 Å².